The Bertz CT molecular complexity index is 330. The van der Waals surface area contributed by atoms with E-state index in [0.29, 0.717) is 13.2 Å². The second-order valence-corrected chi connectivity index (χ2v) is 8.56. The summed E-state index contributed by atoms with van der Waals surface area (Å²) in [6, 6.07) is 0. The minimum absolute atomic E-state index is 0.166. The van der Waals surface area contributed by atoms with E-state index in [0.717, 1.165) is 25.7 Å². The molecule has 0 heterocycles. The van der Waals surface area contributed by atoms with Crippen LogP contribution >= 0.6 is 0 Å². The first-order valence-corrected chi connectivity index (χ1v) is 13.0. The molecule has 174 valence electrons. The standard InChI is InChI=1S/C26H52O3/c1-4-7-9-10-11-12-13-14-15-16-17-18-19-20-21-22-24-29-26(27)25(28-6-3)23-8-5-2/h25H,4-24H2,1-3H3. The van der Waals surface area contributed by atoms with Crippen LogP contribution in [0.1, 0.15) is 143 Å². The Hall–Kier alpha value is -0.570. The molecule has 0 aromatic heterocycles. The Kier molecular flexibility index (Phi) is 23.2. The van der Waals surface area contributed by atoms with E-state index in [1.165, 1.54) is 96.3 Å². The van der Waals surface area contributed by atoms with Crippen molar-refractivity contribution in [1.82, 2.24) is 0 Å². The van der Waals surface area contributed by atoms with E-state index in [2.05, 4.69) is 13.8 Å². The number of carbonyl (C=O) groups is 1. The van der Waals surface area contributed by atoms with Crippen molar-refractivity contribution in [2.45, 2.75) is 149 Å². The predicted octanol–water partition coefficient (Wildman–Crippen LogP) is 8.39. The summed E-state index contributed by atoms with van der Waals surface area (Å²) in [7, 11) is 0. The highest BCUT2D eigenvalue weighted by Gasteiger charge is 2.19. The molecule has 0 aliphatic heterocycles. The van der Waals surface area contributed by atoms with Crippen LogP contribution in [0.2, 0.25) is 0 Å². The first kappa shape index (κ1) is 28.4. The SMILES string of the molecule is CCCCCCCCCCCCCCCCCCOC(=O)C(CCCC)OCC. The lowest BCUT2D eigenvalue weighted by Crippen LogP contribution is -2.27. The van der Waals surface area contributed by atoms with Crippen molar-refractivity contribution in [1.29, 1.82) is 0 Å². The predicted molar refractivity (Wildman–Crippen MR) is 125 cm³/mol. The van der Waals surface area contributed by atoms with Gasteiger partial charge in [-0.05, 0) is 19.8 Å². The van der Waals surface area contributed by atoms with Gasteiger partial charge in [-0.2, -0.15) is 0 Å². The molecule has 0 bridgehead atoms. The summed E-state index contributed by atoms with van der Waals surface area (Å²) >= 11 is 0. The zero-order valence-corrected chi connectivity index (χ0v) is 20.2. The van der Waals surface area contributed by atoms with Crippen molar-refractivity contribution >= 4 is 5.97 Å². The maximum Gasteiger partial charge on any atom is 0.335 e. The largest absolute Gasteiger partial charge is 0.464 e. The van der Waals surface area contributed by atoms with Crippen LogP contribution in [-0.2, 0) is 14.3 Å². The molecule has 29 heavy (non-hydrogen) atoms. The van der Waals surface area contributed by atoms with Crippen LogP contribution in [-0.4, -0.2) is 25.3 Å². The van der Waals surface area contributed by atoms with E-state index in [9.17, 15) is 4.79 Å². The lowest BCUT2D eigenvalue weighted by molar-refractivity contribution is -0.157. The fourth-order valence-corrected chi connectivity index (χ4v) is 3.78. The van der Waals surface area contributed by atoms with Gasteiger partial charge in [0, 0.05) is 6.61 Å². The number of rotatable bonds is 23. The third kappa shape index (κ3) is 20.5. The molecule has 0 N–H and O–H groups in total. The average molecular weight is 413 g/mol. The van der Waals surface area contributed by atoms with Gasteiger partial charge in [-0.25, -0.2) is 4.79 Å². The Morgan fingerprint density at radius 1 is 0.586 bits per heavy atom. The quantitative estimate of drug-likeness (QED) is 0.125. The van der Waals surface area contributed by atoms with Gasteiger partial charge in [-0.1, -0.05) is 123 Å². The normalized spacial score (nSPS) is 12.2. The van der Waals surface area contributed by atoms with Crippen LogP contribution in [0.3, 0.4) is 0 Å². The van der Waals surface area contributed by atoms with Gasteiger partial charge in [0.25, 0.3) is 0 Å². The van der Waals surface area contributed by atoms with Gasteiger partial charge in [0.2, 0.25) is 0 Å². The van der Waals surface area contributed by atoms with Gasteiger partial charge in [0.15, 0.2) is 6.10 Å². The Morgan fingerprint density at radius 3 is 1.41 bits per heavy atom. The fourth-order valence-electron chi connectivity index (χ4n) is 3.78. The van der Waals surface area contributed by atoms with Gasteiger partial charge in [0.05, 0.1) is 6.61 Å². The van der Waals surface area contributed by atoms with Crippen LogP contribution in [0.4, 0.5) is 0 Å². The Morgan fingerprint density at radius 2 is 1.00 bits per heavy atom. The van der Waals surface area contributed by atoms with Gasteiger partial charge >= 0.3 is 5.97 Å². The smallest absolute Gasteiger partial charge is 0.335 e. The summed E-state index contributed by atoms with van der Waals surface area (Å²) < 4.78 is 10.9. The summed E-state index contributed by atoms with van der Waals surface area (Å²) in [5, 5.41) is 0. The minimum Gasteiger partial charge on any atom is -0.464 e. The first-order chi connectivity index (χ1) is 14.3. The highest BCUT2D eigenvalue weighted by Crippen LogP contribution is 2.14. The van der Waals surface area contributed by atoms with E-state index in [1.54, 1.807) is 0 Å². The minimum atomic E-state index is -0.360. The van der Waals surface area contributed by atoms with Gasteiger partial charge in [-0.15, -0.1) is 0 Å². The second-order valence-electron chi connectivity index (χ2n) is 8.56. The molecule has 0 fully saturated rings. The highest BCUT2D eigenvalue weighted by atomic mass is 16.6. The third-order valence-corrected chi connectivity index (χ3v) is 5.69. The fraction of sp³-hybridized carbons (Fsp3) is 0.962. The Balaban J connectivity index is 3.31. The van der Waals surface area contributed by atoms with E-state index < -0.39 is 0 Å². The number of hydrogen-bond donors (Lipinski definition) is 0. The summed E-state index contributed by atoms with van der Waals surface area (Å²) in [6.07, 6.45) is 24.2. The Labute approximate surface area is 182 Å². The zero-order valence-electron chi connectivity index (χ0n) is 20.2. The van der Waals surface area contributed by atoms with Crippen molar-refractivity contribution in [2.75, 3.05) is 13.2 Å². The molecule has 1 unspecified atom stereocenters. The molecule has 0 saturated heterocycles. The summed E-state index contributed by atoms with van der Waals surface area (Å²) in [6.45, 7) is 7.47. The molecule has 0 amide bonds. The number of hydrogen-bond acceptors (Lipinski definition) is 3. The van der Waals surface area contributed by atoms with Gasteiger partial charge < -0.3 is 9.47 Å². The number of unbranched alkanes of at least 4 members (excludes halogenated alkanes) is 16. The van der Waals surface area contributed by atoms with Crippen molar-refractivity contribution < 1.29 is 14.3 Å². The average Bonchev–Trinajstić information content (AvgIpc) is 2.73. The molecule has 3 heteroatoms. The van der Waals surface area contributed by atoms with Gasteiger partial charge in [-0.3, -0.25) is 0 Å². The molecule has 0 rings (SSSR count). The molecule has 3 nitrogen and oxygen atoms in total. The van der Waals surface area contributed by atoms with Crippen LogP contribution in [0.5, 0.6) is 0 Å². The lowest BCUT2D eigenvalue weighted by Gasteiger charge is -2.15. The van der Waals surface area contributed by atoms with E-state index in [1.807, 2.05) is 6.92 Å². The van der Waals surface area contributed by atoms with Crippen molar-refractivity contribution in [3.8, 4) is 0 Å². The second kappa shape index (κ2) is 23.7. The van der Waals surface area contributed by atoms with Gasteiger partial charge in [0.1, 0.15) is 0 Å². The molecule has 0 aliphatic rings. The van der Waals surface area contributed by atoms with Crippen LogP contribution in [0.25, 0.3) is 0 Å². The number of ether oxygens (including phenoxy) is 2. The summed E-state index contributed by atoms with van der Waals surface area (Å²) in [5.74, 6) is -0.166. The lowest BCUT2D eigenvalue weighted by atomic mass is 10.0. The molecule has 1 atom stereocenters. The third-order valence-electron chi connectivity index (χ3n) is 5.69. The number of carbonyl (C=O) groups excluding carboxylic acids is 1. The van der Waals surface area contributed by atoms with Crippen molar-refractivity contribution in [3.05, 3.63) is 0 Å². The van der Waals surface area contributed by atoms with E-state index in [4.69, 9.17) is 9.47 Å². The maximum atomic E-state index is 12.1. The van der Waals surface area contributed by atoms with Crippen molar-refractivity contribution in [2.24, 2.45) is 0 Å². The highest BCUT2D eigenvalue weighted by molar-refractivity contribution is 5.74. The topological polar surface area (TPSA) is 35.5 Å². The monoisotopic (exact) mass is 412 g/mol. The van der Waals surface area contributed by atoms with E-state index in [-0.39, 0.29) is 12.1 Å². The molecule has 0 saturated carbocycles. The number of esters is 1. The van der Waals surface area contributed by atoms with E-state index >= 15 is 0 Å². The van der Waals surface area contributed by atoms with Crippen LogP contribution in [0.15, 0.2) is 0 Å². The maximum absolute atomic E-state index is 12.1. The molecule has 0 radical (unpaired) electrons. The summed E-state index contributed by atoms with van der Waals surface area (Å²) in [5.41, 5.74) is 0. The van der Waals surface area contributed by atoms with Crippen molar-refractivity contribution in [3.63, 3.8) is 0 Å². The molecule has 0 aromatic rings. The molecule has 0 aliphatic carbocycles. The molecular formula is C26H52O3. The molecular weight excluding hydrogens is 360 g/mol. The van der Waals surface area contributed by atoms with Crippen LogP contribution < -0.4 is 0 Å². The molecule has 0 spiro atoms. The first-order valence-electron chi connectivity index (χ1n) is 13.0. The zero-order chi connectivity index (χ0) is 21.4. The molecule has 0 aromatic carbocycles. The van der Waals surface area contributed by atoms with Crippen LogP contribution in [0, 0.1) is 0 Å². The summed E-state index contributed by atoms with van der Waals surface area (Å²) in [4.78, 5) is 12.1.